The van der Waals surface area contributed by atoms with Crippen LogP contribution in [0.1, 0.15) is 5.56 Å². The Hall–Kier alpha value is -2.78. The molecule has 1 saturated heterocycles. The van der Waals surface area contributed by atoms with Crippen molar-refractivity contribution in [1.82, 2.24) is 15.0 Å². The van der Waals surface area contributed by atoms with E-state index in [2.05, 4.69) is 111 Å². The molecule has 1 aliphatic rings. The lowest BCUT2D eigenvalue weighted by Gasteiger charge is -2.27. The summed E-state index contributed by atoms with van der Waals surface area (Å²) < 4.78 is 13.1. The fourth-order valence-corrected chi connectivity index (χ4v) is 5.93. The van der Waals surface area contributed by atoms with Crippen LogP contribution < -0.4 is 20.4 Å². The van der Waals surface area contributed by atoms with Crippen LogP contribution in [0.25, 0.3) is 10.8 Å². The highest BCUT2D eigenvalue weighted by atomic mass is 127. The maximum Gasteiger partial charge on any atom is 0.250 e. The zero-order valence-corrected chi connectivity index (χ0v) is 23.7. The van der Waals surface area contributed by atoms with Gasteiger partial charge in [0, 0.05) is 27.9 Å². The number of methoxy groups -OCH3 is 1. The van der Waals surface area contributed by atoms with Crippen molar-refractivity contribution in [2.24, 2.45) is 5.10 Å². The Labute approximate surface area is 236 Å². The molecule has 11 heteroatoms. The molecule has 1 aliphatic heterocycles. The van der Waals surface area contributed by atoms with Gasteiger partial charge in [0.05, 0.1) is 30.1 Å². The van der Waals surface area contributed by atoms with E-state index in [-0.39, 0.29) is 0 Å². The summed E-state index contributed by atoms with van der Waals surface area (Å²) in [4.78, 5) is 15.9. The van der Waals surface area contributed by atoms with Crippen LogP contribution in [0.5, 0.6) is 5.75 Å². The van der Waals surface area contributed by atoms with Gasteiger partial charge in [0.15, 0.2) is 0 Å². The highest BCUT2D eigenvalue weighted by Gasteiger charge is 2.17. The van der Waals surface area contributed by atoms with Gasteiger partial charge in [0.2, 0.25) is 17.8 Å². The SMILES string of the molecule is COc1c(I)cc(I)cc1C=NNc1nc(Nc2ccc3ccccc3c2)nc(N2CCOCC2)n1. The van der Waals surface area contributed by atoms with Gasteiger partial charge >= 0.3 is 0 Å². The van der Waals surface area contributed by atoms with E-state index in [1.54, 1.807) is 13.3 Å². The van der Waals surface area contributed by atoms with Crippen molar-refractivity contribution in [3.05, 3.63) is 67.3 Å². The van der Waals surface area contributed by atoms with Crippen molar-refractivity contribution >= 4 is 85.7 Å². The molecule has 0 atom stereocenters. The Morgan fingerprint density at radius 2 is 1.75 bits per heavy atom. The summed E-state index contributed by atoms with van der Waals surface area (Å²) in [6.07, 6.45) is 1.71. The Kier molecular flexibility index (Phi) is 7.96. The van der Waals surface area contributed by atoms with Gasteiger partial charge in [0.25, 0.3) is 0 Å². The van der Waals surface area contributed by atoms with Crippen molar-refractivity contribution < 1.29 is 9.47 Å². The molecule has 0 spiro atoms. The molecular formula is C25H23I2N7O2. The van der Waals surface area contributed by atoms with E-state index in [0.29, 0.717) is 44.1 Å². The van der Waals surface area contributed by atoms with Crippen molar-refractivity contribution in [3.8, 4) is 5.75 Å². The number of morpholine rings is 1. The molecule has 2 heterocycles. The quantitative estimate of drug-likeness (QED) is 0.153. The molecule has 0 unspecified atom stereocenters. The summed E-state index contributed by atoms with van der Waals surface area (Å²) in [5.41, 5.74) is 4.72. The molecular weight excluding hydrogens is 684 g/mol. The normalized spacial score (nSPS) is 13.8. The number of anilines is 4. The second-order valence-electron chi connectivity index (χ2n) is 7.95. The number of nitrogens with one attached hydrogen (secondary N) is 2. The molecule has 0 bridgehead atoms. The second kappa shape index (κ2) is 11.5. The van der Waals surface area contributed by atoms with Gasteiger partial charge in [-0.3, -0.25) is 0 Å². The number of hydrogen-bond acceptors (Lipinski definition) is 9. The number of halogens is 2. The average Bonchev–Trinajstić information content (AvgIpc) is 2.89. The lowest BCUT2D eigenvalue weighted by molar-refractivity contribution is 0.122. The summed E-state index contributed by atoms with van der Waals surface area (Å²) in [5.74, 6) is 2.10. The highest BCUT2D eigenvalue weighted by Crippen LogP contribution is 2.27. The minimum absolute atomic E-state index is 0.338. The predicted molar refractivity (Wildman–Crippen MR) is 160 cm³/mol. The van der Waals surface area contributed by atoms with Crippen LogP contribution in [-0.2, 0) is 4.74 Å². The van der Waals surface area contributed by atoms with Gasteiger partial charge in [-0.2, -0.15) is 20.1 Å². The van der Waals surface area contributed by atoms with Crippen LogP contribution >= 0.6 is 45.2 Å². The molecule has 1 fully saturated rings. The monoisotopic (exact) mass is 707 g/mol. The average molecular weight is 707 g/mol. The molecule has 1 aromatic heterocycles. The highest BCUT2D eigenvalue weighted by molar-refractivity contribution is 14.1. The standard InChI is InChI=1S/C25H23I2N7O2/c1-35-22-18(12-19(26)14-21(22)27)15-28-33-24-30-23(31-25(32-24)34-8-10-36-11-9-34)29-20-7-6-16-4-2-3-5-17(16)13-20/h2-7,12-15H,8-11H2,1H3,(H2,29,30,31,32,33). The molecule has 0 saturated carbocycles. The molecule has 5 rings (SSSR count). The topological polar surface area (TPSA) is 96.8 Å². The zero-order chi connectivity index (χ0) is 24.9. The minimum atomic E-state index is 0.338. The molecule has 2 N–H and O–H groups in total. The lowest BCUT2D eigenvalue weighted by atomic mass is 10.1. The van der Waals surface area contributed by atoms with E-state index in [4.69, 9.17) is 9.47 Å². The maximum atomic E-state index is 5.55. The Balaban J connectivity index is 1.43. The molecule has 4 aromatic rings. The Morgan fingerprint density at radius 3 is 2.56 bits per heavy atom. The number of benzene rings is 3. The van der Waals surface area contributed by atoms with Crippen LogP contribution in [0.4, 0.5) is 23.5 Å². The first-order valence-corrected chi connectivity index (χ1v) is 13.4. The number of rotatable bonds is 7. The van der Waals surface area contributed by atoms with E-state index in [0.717, 1.165) is 29.5 Å². The third kappa shape index (κ3) is 5.95. The van der Waals surface area contributed by atoms with E-state index in [1.807, 2.05) is 24.3 Å². The van der Waals surface area contributed by atoms with Gasteiger partial charge in [0.1, 0.15) is 5.75 Å². The molecule has 184 valence electrons. The van der Waals surface area contributed by atoms with Crippen molar-refractivity contribution in [3.63, 3.8) is 0 Å². The van der Waals surface area contributed by atoms with Gasteiger partial charge in [-0.25, -0.2) is 5.43 Å². The summed E-state index contributed by atoms with van der Waals surface area (Å²) in [5, 5.41) is 10.0. The number of ether oxygens (including phenoxy) is 2. The fraction of sp³-hybridized carbons (Fsp3) is 0.200. The Bertz CT molecular complexity index is 1410. The molecule has 0 radical (unpaired) electrons. The van der Waals surface area contributed by atoms with Gasteiger partial charge in [-0.1, -0.05) is 30.3 Å². The molecule has 0 amide bonds. The summed E-state index contributed by atoms with van der Waals surface area (Å²) in [7, 11) is 1.65. The maximum absolute atomic E-state index is 5.55. The van der Waals surface area contributed by atoms with E-state index < -0.39 is 0 Å². The second-order valence-corrected chi connectivity index (χ2v) is 10.4. The molecule has 36 heavy (non-hydrogen) atoms. The summed E-state index contributed by atoms with van der Waals surface area (Å²) in [6.45, 7) is 2.68. The van der Waals surface area contributed by atoms with Crippen LogP contribution in [-0.4, -0.2) is 54.6 Å². The minimum Gasteiger partial charge on any atom is -0.495 e. The summed E-state index contributed by atoms with van der Waals surface area (Å²) >= 11 is 4.53. The third-order valence-electron chi connectivity index (χ3n) is 5.53. The van der Waals surface area contributed by atoms with Crippen LogP contribution in [0.2, 0.25) is 0 Å². The van der Waals surface area contributed by atoms with Gasteiger partial charge in [-0.05, 0) is 80.2 Å². The number of nitrogens with zero attached hydrogens (tertiary/aromatic N) is 5. The summed E-state index contributed by atoms with van der Waals surface area (Å²) in [6, 6.07) is 18.4. The largest absolute Gasteiger partial charge is 0.495 e. The number of aromatic nitrogens is 3. The Morgan fingerprint density at radius 1 is 0.972 bits per heavy atom. The van der Waals surface area contributed by atoms with Crippen molar-refractivity contribution in [2.75, 3.05) is 49.1 Å². The third-order valence-corrected chi connectivity index (χ3v) is 6.96. The molecule has 0 aliphatic carbocycles. The van der Waals surface area contributed by atoms with Crippen molar-refractivity contribution in [1.29, 1.82) is 0 Å². The predicted octanol–water partition coefficient (Wildman–Crippen LogP) is 5.27. The lowest BCUT2D eigenvalue weighted by Crippen LogP contribution is -2.37. The first-order chi connectivity index (χ1) is 17.6. The van der Waals surface area contributed by atoms with Gasteiger partial charge < -0.3 is 19.7 Å². The smallest absolute Gasteiger partial charge is 0.250 e. The zero-order valence-electron chi connectivity index (χ0n) is 19.4. The number of hydrazone groups is 1. The number of hydrogen-bond donors (Lipinski definition) is 2. The van der Waals surface area contributed by atoms with Crippen molar-refractivity contribution in [2.45, 2.75) is 0 Å². The molecule has 9 nitrogen and oxygen atoms in total. The first-order valence-electron chi connectivity index (χ1n) is 11.3. The first kappa shape index (κ1) is 24.9. The fourth-order valence-electron chi connectivity index (χ4n) is 3.82. The number of fused-ring (bicyclic) bond motifs is 1. The van der Waals surface area contributed by atoms with E-state index in [1.165, 1.54) is 5.39 Å². The van der Waals surface area contributed by atoms with Gasteiger partial charge in [-0.15, -0.1) is 0 Å². The van der Waals surface area contributed by atoms with Crippen LogP contribution in [0.3, 0.4) is 0 Å². The van der Waals surface area contributed by atoms with E-state index in [9.17, 15) is 0 Å². The van der Waals surface area contributed by atoms with Crippen LogP contribution in [0.15, 0.2) is 59.7 Å². The van der Waals surface area contributed by atoms with E-state index >= 15 is 0 Å². The van der Waals surface area contributed by atoms with Crippen LogP contribution in [0, 0.1) is 7.14 Å². The molecule has 3 aromatic carbocycles.